The average Bonchev–Trinajstić information content (AvgIpc) is 0. The van der Waals surface area contributed by atoms with Crippen molar-refractivity contribution >= 4 is 18.9 Å². The molecule has 28 valence electrons. The second-order valence-corrected chi connectivity index (χ2v) is 0. The van der Waals surface area contributed by atoms with Crippen molar-refractivity contribution in [3.63, 3.8) is 0 Å². The predicted molar refractivity (Wildman–Crippen MR) is 5.75 cm³/mol. The fourth-order valence-electron chi connectivity index (χ4n) is 0. The van der Waals surface area contributed by atoms with E-state index >= 15 is 0 Å². The molecule has 0 heterocycles. The van der Waals surface area contributed by atoms with Gasteiger partial charge in [0, 0.05) is 77.3 Å². The molecule has 0 aliphatic heterocycles. The Hall–Kier alpha value is 2.47. The summed E-state index contributed by atoms with van der Waals surface area (Å²) in [6.07, 6.45) is 0. The van der Waals surface area contributed by atoms with E-state index in [0.717, 1.165) is 0 Å². The molecule has 4 heteroatoms. The van der Waals surface area contributed by atoms with Gasteiger partial charge in [0.1, 0.15) is 0 Å². The summed E-state index contributed by atoms with van der Waals surface area (Å²) in [5, 5.41) is 0. The van der Waals surface area contributed by atoms with Crippen LogP contribution in [0.4, 0.5) is 0 Å². The fraction of sp³-hybridized carbons (Fsp3) is 0. The van der Waals surface area contributed by atoms with Gasteiger partial charge in [0.05, 0.1) is 0 Å². The summed E-state index contributed by atoms with van der Waals surface area (Å²) in [6, 6.07) is 0. The standard InChI is InChI=1S/Li.3Rh. The molecule has 0 saturated heterocycles. The SMILES string of the molecule is [Li].[Rh].[Rh].[Rh]. The minimum atomic E-state index is 0. The Morgan fingerprint density at radius 3 is 0.500 bits per heavy atom. The van der Waals surface area contributed by atoms with Gasteiger partial charge in [0.25, 0.3) is 0 Å². The van der Waals surface area contributed by atoms with E-state index in [2.05, 4.69) is 0 Å². The van der Waals surface area contributed by atoms with Crippen molar-refractivity contribution in [2.24, 2.45) is 0 Å². The molecule has 0 aromatic heterocycles. The zero-order valence-electron chi connectivity index (χ0n) is 2.00. The van der Waals surface area contributed by atoms with Gasteiger partial charge >= 0.3 is 0 Å². The molecule has 0 aromatic carbocycles. The van der Waals surface area contributed by atoms with Gasteiger partial charge in [0.15, 0.2) is 0 Å². The van der Waals surface area contributed by atoms with Crippen LogP contribution < -0.4 is 0 Å². The van der Waals surface area contributed by atoms with E-state index in [9.17, 15) is 0 Å². The van der Waals surface area contributed by atoms with E-state index in [4.69, 9.17) is 0 Å². The van der Waals surface area contributed by atoms with Crippen molar-refractivity contribution in [2.75, 3.05) is 0 Å². The first-order valence-corrected chi connectivity index (χ1v) is 0. The topological polar surface area (TPSA) is 0 Å². The van der Waals surface area contributed by atoms with E-state index < -0.39 is 0 Å². The second-order valence-electron chi connectivity index (χ2n) is 0. The molecule has 0 aromatic rings. The maximum absolute atomic E-state index is 0. The Balaban J connectivity index is 0. The summed E-state index contributed by atoms with van der Waals surface area (Å²) in [6.45, 7) is 0. The maximum atomic E-state index is 0. The van der Waals surface area contributed by atoms with Crippen LogP contribution in [-0.4, -0.2) is 18.9 Å². The largest absolute Gasteiger partial charge is 0 e. The van der Waals surface area contributed by atoms with Gasteiger partial charge in [0.2, 0.25) is 0 Å². The van der Waals surface area contributed by atoms with Gasteiger partial charge in [-0.1, -0.05) is 0 Å². The summed E-state index contributed by atoms with van der Waals surface area (Å²) in [5.74, 6) is 0. The summed E-state index contributed by atoms with van der Waals surface area (Å²) in [4.78, 5) is 0. The van der Waals surface area contributed by atoms with Crippen LogP contribution in [0.25, 0.3) is 0 Å². The molecular formula is LiRh3. The van der Waals surface area contributed by atoms with E-state index in [-0.39, 0.29) is 77.3 Å². The van der Waals surface area contributed by atoms with Crippen molar-refractivity contribution in [1.29, 1.82) is 0 Å². The van der Waals surface area contributed by atoms with E-state index in [1.54, 1.807) is 0 Å². The van der Waals surface area contributed by atoms with Crippen LogP contribution in [0.3, 0.4) is 0 Å². The summed E-state index contributed by atoms with van der Waals surface area (Å²) in [5.41, 5.74) is 0. The van der Waals surface area contributed by atoms with Gasteiger partial charge in [-0.2, -0.15) is 0 Å². The molecule has 0 fully saturated rings. The molecule has 0 N–H and O–H groups in total. The van der Waals surface area contributed by atoms with Crippen LogP contribution in [0.1, 0.15) is 0 Å². The molecule has 0 atom stereocenters. The molecule has 0 aliphatic rings. The monoisotopic (exact) mass is 316 g/mol. The van der Waals surface area contributed by atoms with Crippen molar-refractivity contribution in [1.82, 2.24) is 0 Å². The Bertz CT molecular complexity index is 3.25. The number of hydrogen-bond donors (Lipinski definition) is 0. The summed E-state index contributed by atoms with van der Waals surface area (Å²) in [7, 11) is 0. The predicted octanol–water partition coefficient (Wildman–Crippen LogP) is -0.388. The molecule has 0 rings (SSSR count). The molecular weight excluding hydrogens is 316 g/mol. The van der Waals surface area contributed by atoms with Crippen molar-refractivity contribution < 1.29 is 58.4 Å². The van der Waals surface area contributed by atoms with Crippen LogP contribution in [-0.2, 0) is 58.4 Å². The molecule has 0 spiro atoms. The van der Waals surface area contributed by atoms with E-state index in [1.807, 2.05) is 0 Å². The Morgan fingerprint density at radius 2 is 0.500 bits per heavy atom. The Kier molecular flexibility index (Phi) is 142. The number of hydrogen-bond acceptors (Lipinski definition) is 0. The van der Waals surface area contributed by atoms with Crippen LogP contribution >= 0.6 is 0 Å². The number of rotatable bonds is 0. The van der Waals surface area contributed by atoms with Crippen LogP contribution in [0.2, 0.25) is 0 Å². The molecule has 0 unspecified atom stereocenters. The quantitative estimate of drug-likeness (QED) is 0.534. The van der Waals surface area contributed by atoms with E-state index in [1.165, 1.54) is 0 Å². The minimum absolute atomic E-state index is 0. The van der Waals surface area contributed by atoms with Crippen molar-refractivity contribution in [3.05, 3.63) is 0 Å². The molecule has 0 nitrogen and oxygen atoms in total. The average molecular weight is 316 g/mol. The van der Waals surface area contributed by atoms with Gasteiger partial charge in [-0.05, 0) is 0 Å². The molecule has 0 aliphatic carbocycles. The Morgan fingerprint density at radius 1 is 0.500 bits per heavy atom. The van der Waals surface area contributed by atoms with Crippen LogP contribution in [0.5, 0.6) is 0 Å². The van der Waals surface area contributed by atoms with Gasteiger partial charge in [-0.3, -0.25) is 0 Å². The Labute approximate surface area is 76.3 Å². The van der Waals surface area contributed by atoms with Crippen molar-refractivity contribution in [2.45, 2.75) is 0 Å². The zero-order chi connectivity index (χ0) is 0. The molecule has 4 radical (unpaired) electrons. The second kappa shape index (κ2) is 17.9. The fourth-order valence-corrected chi connectivity index (χ4v) is 0. The summed E-state index contributed by atoms with van der Waals surface area (Å²) >= 11 is 0. The molecule has 0 bridgehead atoms. The smallest absolute Gasteiger partial charge is 0 e. The first-order valence-electron chi connectivity index (χ1n) is 0. The third kappa shape index (κ3) is 8.82. The zero-order valence-corrected chi connectivity index (χ0v) is 6.92. The molecule has 4 heavy (non-hydrogen) atoms. The molecule has 0 amide bonds. The third-order valence-corrected chi connectivity index (χ3v) is 0. The van der Waals surface area contributed by atoms with Gasteiger partial charge in [-0.25, -0.2) is 0 Å². The van der Waals surface area contributed by atoms with E-state index in [0.29, 0.717) is 0 Å². The van der Waals surface area contributed by atoms with Crippen molar-refractivity contribution in [3.8, 4) is 0 Å². The van der Waals surface area contributed by atoms with Gasteiger partial charge in [-0.15, -0.1) is 0 Å². The minimum Gasteiger partial charge on any atom is 0 e. The normalized spacial score (nSPS) is 0. The molecule has 0 saturated carbocycles. The van der Waals surface area contributed by atoms with Crippen LogP contribution in [0, 0.1) is 0 Å². The van der Waals surface area contributed by atoms with Crippen LogP contribution in [0.15, 0.2) is 0 Å². The van der Waals surface area contributed by atoms with Gasteiger partial charge < -0.3 is 0 Å². The first-order chi connectivity index (χ1) is 0. The third-order valence-electron chi connectivity index (χ3n) is 0. The maximum Gasteiger partial charge on any atom is 0 e. The first kappa shape index (κ1) is 31.8. The summed E-state index contributed by atoms with van der Waals surface area (Å²) < 4.78 is 0.